The van der Waals surface area contributed by atoms with E-state index in [2.05, 4.69) is 28.2 Å². The van der Waals surface area contributed by atoms with Gasteiger partial charge in [-0.05, 0) is 6.07 Å². The molecule has 0 saturated carbocycles. The van der Waals surface area contributed by atoms with Crippen molar-refractivity contribution < 1.29 is 4.57 Å². The minimum atomic E-state index is 0.836. The molecule has 1 aromatic carbocycles. The van der Waals surface area contributed by atoms with E-state index in [0.29, 0.717) is 0 Å². The summed E-state index contributed by atoms with van der Waals surface area (Å²) in [6, 6.07) is 8.09. The molecule has 0 unspecified atom stereocenters. The summed E-state index contributed by atoms with van der Waals surface area (Å²) < 4.78 is 2.07. The lowest BCUT2D eigenvalue weighted by molar-refractivity contribution is -0.689. The average molecular weight is 203 g/mol. The van der Waals surface area contributed by atoms with Crippen LogP contribution in [-0.2, 0) is 6.54 Å². The second-order valence-electron chi connectivity index (χ2n) is 3.05. The van der Waals surface area contributed by atoms with Crippen molar-refractivity contribution in [1.82, 2.24) is 4.98 Å². The minimum absolute atomic E-state index is 0.836. The van der Waals surface area contributed by atoms with E-state index in [1.165, 1.54) is 5.56 Å². The van der Waals surface area contributed by atoms with Crippen LogP contribution in [0.25, 0.3) is 0 Å². The highest BCUT2D eigenvalue weighted by atomic mass is 32.1. The molecule has 2 aromatic rings. The highest BCUT2D eigenvalue weighted by molar-refractivity contribution is 7.80. The lowest BCUT2D eigenvalue weighted by atomic mass is 10.2. The number of benzene rings is 1. The summed E-state index contributed by atoms with van der Waals surface area (Å²) in [5.41, 5.74) is 1.21. The Bertz CT molecular complexity index is 415. The molecule has 0 atom stereocenters. The Labute approximate surface area is 88.7 Å². The first-order valence-corrected chi connectivity index (χ1v) is 4.87. The molecular weight excluding hydrogens is 192 g/mol. The van der Waals surface area contributed by atoms with Crippen LogP contribution in [0.5, 0.6) is 0 Å². The van der Waals surface area contributed by atoms with Gasteiger partial charge in [0.05, 0.1) is 12.4 Å². The van der Waals surface area contributed by atoms with Crippen LogP contribution in [0.4, 0.5) is 0 Å². The van der Waals surface area contributed by atoms with E-state index in [4.69, 9.17) is 0 Å². The van der Waals surface area contributed by atoms with Crippen LogP contribution < -0.4 is 4.57 Å². The van der Waals surface area contributed by atoms with Gasteiger partial charge in [0.25, 0.3) is 0 Å². The molecule has 0 bridgehead atoms. The molecule has 1 aromatic heterocycles. The molecule has 0 spiro atoms. The molecule has 2 rings (SSSR count). The molecule has 0 aliphatic heterocycles. The number of aromatic nitrogens is 2. The van der Waals surface area contributed by atoms with Gasteiger partial charge >= 0.3 is 0 Å². The smallest absolute Gasteiger partial charge is 0.187 e. The molecule has 2 nitrogen and oxygen atoms in total. The molecular formula is C11H11N2S+. The Kier molecular flexibility index (Phi) is 2.79. The zero-order valence-electron chi connectivity index (χ0n) is 7.67. The number of hydrogen-bond donors (Lipinski definition) is 1. The Morgan fingerprint density at radius 3 is 2.57 bits per heavy atom. The van der Waals surface area contributed by atoms with Crippen LogP contribution in [0.3, 0.4) is 0 Å². The van der Waals surface area contributed by atoms with Crippen molar-refractivity contribution in [2.24, 2.45) is 0 Å². The van der Waals surface area contributed by atoms with Gasteiger partial charge in [-0.3, -0.25) is 4.98 Å². The predicted octanol–water partition coefficient (Wildman–Crippen LogP) is 1.71. The fourth-order valence-corrected chi connectivity index (χ4v) is 1.53. The van der Waals surface area contributed by atoms with E-state index in [9.17, 15) is 0 Å². The molecule has 0 radical (unpaired) electrons. The topological polar surface area (TPSA) is 16.8 Å². The number of rotatable bonds is 2. The van der Waals surface area contributed by atoms with Gasteiger partial charge in [-0.1, -0.05) is 18.2 Å². The molecule has 1 heterocycles. The maximum Gasteiger partial charge on any atom is 0.187 e. The highest BCUT2D eigenvalue weighted by Crippen LogP contribution is 2.11. The number of thiol groups is 1. The first-order chi connectivity index (χ1) is 6.86. The second-order valence-corrected chi connectivity index (χ2v) is 3.53. The SMILES string of the molecule is Sc1ccccc1C[n+]1ccncc1. The maximum atomic E-state index is 4.40. The van der Waals surface area contributed by atoms with Gasteiger partial charge in [0.2, 0.25) is 0 Å². The summed E-state index contributed by atoms with van der Waals surface area (Å²) in [5.74, 6) is 0. The zero-order chi connectivity index (χ0) is 9.80. The van der Waals surface area contributed by atoms with Crippen molar-refractivity contribution in [2.75, 3.05) is 0 Å². The van der Waals surface area contributed by atoms with Crippen molar-refractivity contribution in [1.29, 1.82) is 0 Å². The van der Waals surface area contributed by atoms with Gasteiger partial charge in [0.15, 0.2) is 18.9 Å². The lowest BCUT2D eigenvalue weighted by Gasteiger charge is -1.99. The standard InChI is InChI=1S/C11H10N2S/c14-11-4-2-1-3-10(11)9-13-7-5-12-6-8-13/h1-8H,9H2/p+1. The van der Waals surface area contributed by atoms with E-state index in [1.54, 1.807) is 12.4 Å². The molecule has 70 valence electrons. The summed E-state index contributed by atoms with van der Waals surface area (Å²) in [7, 11) is 0. The monoisotopic (exact) mass is 203 g/mol. The van der Waals surface area contributed by atoms with E-state index < -0.39 is 0 Å². The van der Waals surface area contributed by atoms with Crippen molar-refractivity contribution in [3.8, 4) is 0 Å². The summed E-state index contributed by atoms with van der Waals surface area (Å²) in [5, 5.41) is 0. The van der Waals surface area contributed by atoms with E-state index in [1.807, 2.05) is 30.6 Å². The second kappa shape index (κ2) is 4.24. The summed E-state index contributed by atoms with van der Waals surface area (Å²) >= 11 is 4.40. The lowest BCUT2D eigenvalue weighted by Crippen LogP contribution is -2.33. The van der Waals surface area contributed by atoms with Gasteiger partial charge in [-0.15, -0.1) is 12.6 Å². The number of nitrogens with zero attached hydrogens (tertiary/aromatic N) is 2. The fraction of sp³-hybridized carbons (Fsp3) is 0.0909. The van der Waals surface area contributed by atoms with Crippen LogP contribution in [0.1, 0.15) is 5.56 Å². The van der Waals surface area contributed by atoms with Crippen LogP contribution >= 0.6 is 12.6 Å². The van der Waals surface area contributed by atoms with E-state index in [-0.39, 0.29) is 0 Å². The normalized spacial score (nSPS) is 10.1. The van der Waals surface area contributed by atoms with Crippen LogP contribution in [0.15, 0.2) is 53.9 Å². The Morgan fingerprint density at radius 1 is 1.14 bits per heavy atom. The van der Waals surface area contributed by atoms with Crippen LogP contribution in [-0.4, -0.2) is 4.98 Å². The Balaban J connectivity index is 2.24. The highest BCUT2D eigenvalue weighted by Gasteiger charge is 2.03. The summed E-state index contributed by atoms with van der Waals surface area (Å²) in [6.45, 7) is 0.836. The third-order valence-corrected chi connectivity index (χ3v) is 2.47. The van der Waals surface area contributed by atoms with Crippen molar-refractivity contribution in [3.63, 3.8) is 0 Å². The van der Waals surface area contributed by atoms with Gasteiger partial charge in [-0.2, -0.15) is 4.57 Å². The summed E-state index contributed by atoms with van der Waals surface area (Å²) in [6.07, 6.45) is 7.45. The van der Waals surface area contributed by atoms with Gasteiger partial charge < -0.3 is 0 Å². The molecule has 0 saturated heterocycles. The van der Waals surface area contributed by atoms with E-state index >= 15 is 0 Å². The average Bonchev–Trinajstić information content (AvgIpc) is 2.23. The third-order valence-electron chi connectivity index (χ3n) is 2.03. The van der Waals surface area contributed by atoms with Crippen molar-refractivity contribution in [3.05, 3.63) is 54.6 Å². The first-order valence-electron chi connectivity index (χ1n) is 4.42. The molecule has 0 aliphatic carbocycles. The molecule has 0 amide bonds. The Morgan fingerprint density at radius 2 is 1.86 bits per heavy atom. The van der Waals surface area contributed by atoms with E-state index in [0.717, 1.165) is 11.4 Å². The third kappa shape index (κ3) is 2.12. The first kappa shape index (κ1) is 9.21. The minimum Gasteiger partial charge on any atom is -0.252 e. The maximum absolute atomic E-state index is 4.40. The molecule has 0 aliphatic rings. The van der Waals surface area contributed by atoms with Crippen LogP contribution in [0.2, 0.25) is 0 Å². The zero-order valence-corrected chi connectivity index (χ0v) is 8.56. The Hall–Kier alpha value is -1.35. The van der Waals surface area contributed by atoms with Gasteiger partial charge in [-0.25, -0.2) is 0 Å². The van der Waals surface area contributed by atoms with Crippen LogP contribution in [0, 0.1) is 0 Å². The predicted molar refractivity (Wildman–Crippen MR) is 57.2 cm³/mol. The molecule has 0 N–H and O–H groups in total. The molecule has 14 heavy (non-hydrogen) atoms. The summed E-state index contributed by atoms with van der Waals surface area (Å²) in [4.78, 5) is 4.99. The number of hydrogen-bond acceptors (Lipinski definition) is 2. The molecule has 3 heteroatoms. The fourth-order valence-electron chi connectivity index (χ4n) is 1.29. The largest absolute Gasteiger partial charge is 0.252 e. The van der Waals surface area contributed by atoms with Gasteiger partial charge in [0.1, 0.15) is 0 Å². The quantitative estimate of drug-likeness (QED) is 0.580. The van der Waals surface area contributed by atoms with Crippen molar-refractivity contribution in [2.45, 2.75) is 11.4 Å². The van der Waals surface area contributed by atoms with Crippen molar-refractivity contribution >= 4 is 12.6 Å². The molecule has 0 fully saturated rings. The van der Waals surface area contributed by atoms with Gasteiger partial charge in [0, 0.05) is 10.5 Å².